The molecule has 1 atom stereocenters. The van der Waals surface area contributed by atoms with Crippen molar-refractivity contribution in [3.63, 3.8) is 0 Å². The van der Waals surface area contributed by atoms with Crippen LogP contribution in [0.15, 0.2) is 12.2 Å². The molecule has 0 saturated heterocycles. The fourth-order valence-electron chi connectivity index (χ4n) is 2.03. The molecular weight excluding hydrogens is 163 g/mol. The lowest BCUT2D eigenvalue weighted by molar-refractivity contribution is 0.116. The molecule has 0 N–H and O–H groups in total. The summed E-state index contributed by atoms with van der Waals surface area (Å²) in [6.45, 7) is 5.18. The Balaban J connectivity index is 2.67. The molecule has 1 aliphatic rings. The molecule has 13 heavy (non-hydrogen) atoms. The number of hydrogen-bond acceptors (Lipinski definition) is 0. The average molecular weight is 180 g/mol. The highest BCUT2D eigenvalue weighted by Crippen LogP contribution is 2.38. The summed E-state index contributed by atoms with van der Waals surface area (Å²) in [5.74, 6) is 2.42. The van der Waals surface area contributed by atoms with Gasteiger partial charge in [0, 0.05) is 5.57 Å². The van der Waals surface area contributed by atoms with Crippen molar-refractivity contribution in [2.75, 3.05) is 0 Å². The van der Waals surface area contributed by atoms with Gasteiger partial charge in [-0.05, 0) is 25.7 Å². The van der Waals surface area contributed by atoms with Crippen molar-refractivity contribution >= 4 is 0 Å². The number of rotatable bonds is 2. The Labute approximate surface area is 80.2 Å². The summed E-state index contributed by atoms with van der Waals surface area (Å²) >= 11 is 0. The van der Waals surface area contributed by atoms with Crippen LogP contribution in [-0.4, -0.2) is 5.67 Å². The van der Waals surface area contributed by atoms with Crippen LogP contribution in [0.1, 0.15) is 39.0 Å². The zero-order valence-corrected chi connectivity index (χ0v) is 8.28. The minimum absolute atomic E-state index is 0.0878. The predicted octanol–water partition coefficient (Wildman–Crippen LogP) is 3.48. The van der Waals surface area contributed by atoms with Gasteiger partial charge in [-0.25, -0.2) is 4.39 Å². The minimum atomic E-state index is -1.35. The maximum Gasteiger partial charge on any atom is 0.143 e. The van der Waals surface area contributed by atoms with Crippen LogP contribution < -0.4 is 0 Å². The molecule has 0 spiro atoms. The number of terminal acetylenes is 1. The van der Waals surface area contributed by atoms with Gasteiger partial charge in [-0.3, -0.25) is 0 Å². The van der Waals surface area contributed by atoms with Gasteiger partial charge in [-0.2, -0.15) is 0 Å². The highest BCUT2D eigenvalue weighted by Gasteiger charge is 2.36. The monoisotopic (exact) mass is 180 g/mol. The second-order valence-corrected chi connectivity index (χ2v) is 4.03. The van der Waals surface area contributed by atoms with E-state index in [0.29, 0.717) is 5.57 Å². The molecule has 72 valence electrons. The van der Waals surface area contributed by atoms with E-state index in [1.165, 1.54) is 6.42 Å². The molecule has 1 rings (SSSR count). The van der Waals surface area contributed by atoms with E-state index in [1.807, 2.05) is 0 Å². The smallest absolute Gasteiger partial charge is 0.143 e. The van der Waals surface area contributed by atoms with Gasteiger partial charge in [0.1, 0.15) is 5.67 Å². The summed E-state index contributed by atoms with van der Waals surface area (Å²) in [4.78, 5) is 0. The van der Waals surface area contributed by atoms with Crippen LogP contribution in [-0.2, 0) is 0 Å². The molecule has 0 aromatic rings. The van der Waals surface area contributed by atoms with Crippen LogP contribution in [0.5, 0.6) is 0 Å². The topological polar surface area (TPSA) is 0 Å². The Kier molecular flexibility index (Phi) is 3.14. The van der Waals surface area contributed by atoms with Gasteiger partial charge < -0.3 is 0 Å². The van der Waals surface area contributed by atoms with Gasteiger partial charge >= 0.3 is 0 Å². The molecule has 0 amide bonds. The second kappa shape index (κ2) is 3.96. The molecule has 1 fully saturated rings. The lowest BCUT2D eigenvalue weighted by atomic mass is 9.76. The van der Waals surface area contributed by atoms with E-state index in [4.69, 9.17) is 6.42 Å². The highest BCUT2D eigenvalue weighted by atomic mass is 19.1. The quantitative estimate of drug-likeness (QED) is 0.571. The van der Waals surface area contributed by atoms with E-state index in [-0.39, 0.29) is 5.92 Å². The lowest BCUT2D eigenvalue weighted by Gasteiger charge is -2.33. The Morgan fingerprint density at radius 3 is 2.46 bits per heavy atom. The molecule has 0 bridgehead atoms. The van der Waals surface area contributed by atoms with Gasteiger partial charge in [-0.15, -0.1) is 6.42 Å². The zero-order valence-electron chi connectivity index (χ0n) is 8.28. The summed E-state index contributed by atoms with van der Waals surface area (Å²) < 4.78 is 14.1. The summed E-state index contributed by atoms with van der Waals surface area (Å²) in [6.07, 6.45) is 10.6. The van der Waals surface area contributed by atoms with Crippen molar-refractivity contribution in [1.82, 2.24) is 0 Å². The Morgan fingerprint density at radius 1 is 1.46 bits per heavy atom. The van der Waals surface area contributed by atoms with Crippen molar-refractivity contribution in [3.05, 3.63) is 12.2 Å². The standard InChI is InChI=1S/C12H17F/c1-4-10(2)12(3,13)11-8-6-5-7-9-11/h1,11H,2,5-9H2,3H3. The largest absolute Gasteiger partial charge is 0.238 e. The first kappa shape index (κ1) is 10.3. The summed E-state index contributed by atoms with van der Waals surface area (Å²) in [5.41, 5.74) is -1.05. The summed E-state index contributed by atoms with van der Waals surface area (Å²) in [6, 6.07) is 0. The highest BCUT2D eigenvalue weighted by molar-refractivity contribution is 5.31. The molecule has 1 aliphatic carbocycles. The number of alkyl halides is 1. The van der Waals surface area contributed by atoms with Gasteiger partial charge in [0.2, 0.25) is 0 Å². The van der Waals surface area contributed by atoms with E-state index in [1.54, 1.807) is 6.92 Å². The number of allylic oxidation sites excluding steroid dienone is 1. The molecule has 0 aliphatic heterocycles. The Bertz CT molecular complexity index is 226. The van der Waals surface area contributed by atoms with Crippen molar-refractivity contribution < 1.29 is 4.39 Å². The maximum atomic E-state index is 14.1. The second-order valence-electron chi connectivity index (χ2n) is 4.03. The van der Waals surface area contributed by atoms with Gasteiger partial charge in [0.05, 0.1) is 0 Å². The normalized spacial score (nSPS) is 23.2. The van der Waals surface area contributed by atoms with Crippen molar-refractivity contribution in [2.45, 2.75) is 44.7 Å². The fraction of sp³-hybridized carbons (Fsp3) is 0.667. The molecule has 0 nitrogen and oxygen atoms in total. The van der Waals surface area contributed by atoms with Crippen LogP contribution in [0, 0.1) is 18.3 Å². The minimum Gasteiger partial charge on any atom is -0.238 e. The Morgan fingerprint density at radius 2 is 2.00 bits per heavy atom. The van der Waals surface area contributed by atoms with Crippen molar-refractivity contribution in [3.8, 4) is 12.3 Å². The number of hydrogen-bond donors (Lipinski definition) is 0. The van der Waals surface area contributed by atoms with Crippen LogP contribution in [0.25, 0.3) is 0 Å². The third-order valence-electron chi connectivity index (χ3n) is 3.14. The maximum absolute atomic E-state index is 14.1. The first-order valence-corrected chi connectivity index (χ1v) is 4.94. The van der Waals surface area contributed by atoms with Gasteiger partial charge in [0.15, 0.2) is 0 Å². The van der Waals surface area contributed by atoms with Crippen LogP contribution in [0.3, 0.4) is 0 Å². The first-order valence-electron chi connectivity index (χ1n) is 4.94. The number of halogens is 1. The van der Waals surface area contributed by atoms with Crippen LogP contribution in [0.2, 0.25) is 0 Å². The molecule has 0 aromatic carbocycles. The third kappa shape index (κ3) is 2.12. The molecule has 1 saturated carbocycles. The van der Waals surface area contributed by atoms with Crippen LogP contribution >= 0.6 is 0 Å². The van der Waals surface area contributed by atoms with E-state index >= 15 is 0 Å². The van der Waals surface area contributed by atoms with Crippen LogP contribution in [0.4, 0.5) is 4.39 Å². The van der Waals surface area contributed by atoms with Gasteiger partial charge in [0.25, 0.3) is 0 Å². The average Bonchev–Trinajstić information content (AvgIpc) is 2.18. The summed E-state index contributed by atoms with van der Waals surface area (Å²) in [5, 5.41) is 0. The molecule has 0 heterocycles. The lowest BCUT2D eigenvalue weighted by Crippen LogP contribution is -2.32. The summed E-state index contributed by atoms with van der Waals surface area (Å²) in [7, 11) is 0. The Hall–Kier alpha value is -0.770. The van der Waals surface area contributed by atoms with E-state index < -0.39 is 5.67 Å². The van der Waals surface area contributed by atoms with Crippen molar-refractivity contribution in [2.24, 2.45) is 5.92 Å². The molecule has 0 radical (unpaired) electrons. The van der Waals surface area contributed by atoms with E-state index in [2.05, 4.69) is 12.5 Å². The SMILES string of the molecule is C#CC(=C)C(C)(F)C1CCCCC1. The molecular formula is C12H17F. The molecule has 1 heteroatoms. The van der Waals surface area contributed by atoms with Crippen molar-refractivity contribution in [1.29, 1.82) is 0 Å². The van der Waals surface area contributed by atoms with E-state index in [9.17, 15) is 4.39 Å². The van der Waals surface area contributed by atoms with E-state index in [0.717, 1.165) is 25.7 Å². The first-order chi connectivity index (χ1) is 6.09. The molecule has 0 aromatic heterocycles. The van der Waals surface area contributed by atoms with Gasteiger partial charge in [-0.1, -0.05) is 31.8 Å². The molecule has 1 unspecified atom stereocenters. The fourth-order valence-corrected chi connectivity index (χ4v) is 2.03. The zero-order chi connectivity index (χ0) is 9.90. The third-order valence-corrected chi connectivity index (χ3v) is 3.14. The predicted molar refractivity (Wildman–Crippen MR) is 54.1 cm³/mol.